The van der Waals surface area contributed by atoms with E-state index in [-0.39, 0.29) is 35.4 Å². The summed E-state index contributed by atoms with van der Waals surface area (Å²) in [6.45, 7) is 1.75. The molecule has 2 N–H and O–H groups in total. The lowest BCUT2D eigenvalue weighted by atomic mass is 10.1. The highest BCUT2D eigenvalue weighted by molar-refractivity contribution is 5.95. The molecule has 0 aromatic heterocycles. The third-order valence-corrected chi connectivity index (χ3v) is 2.52. The minimum atomic E-state index is -0.348. The van der Waals surface area contributed by atoms with Crippen LogP contribution in [-0.2, 0) is 0 Å². The molecule has 0 aliphatic rings. The first-order valence-corrected chi connectivity index (χ1v) is 5.13. The summed E-state index contributed by atoms with van der Waals surface area (Å²) in [5.41, 5.74) is 0.190. The van der Waals surface area contributed by atoms with Gasteiger partial charge >= 0.3 is 0 Å². The van der Waals surface area contributed by atoms with Gasteiger partial charge in [0.15, 0.2) is 0 Å². The topological polar surface area (TPSA) is 84.6 Å². The van der Waals surface area contributed by atoms with Crippen molar-refractivity contribution in [1.82, 2.24) is 4.90 Å². The number of amides is 1. The lowest BCUT2D eigenvalue weighted by Gasteiger charge is -2.23. The highest BCUT2D eigenvalue weighted by Crippen LogP contribution is 2.21. The molecule has 5 nitrogen and oxygen atoms in total. The maximum absolute atomic E-state index is 12.0. The Balaban J connectivity index is 2.93. The number of nitriles is 1. The van der Waals surface area contributed by atoms with Crippen LogP contribution in [-0.4, -0.2) is 34.1 Å². The minimum Gasteiger partial charge on any atom is -0.508 e. The van der Waals surface area contributed by atoms with Crippen LogP contribution in [0.2, 0.25) is 0 Å². The van der Waals surface area contributed by atoms with Gasteiger partial charge in [-0.2, -0.15) is 5.26 Å². The first-order valence-electron chi connectivity index (χ1n) is 5.13. The zero-order chi connectivity index (χ0) is 13.0. The van der Waals surface area contributed by atoms with Gasteiger partial charge in [0.05, 0.1) is 12.5 Å². The van der Waals surface area contributed by atoms with E-state index in [1.165, 1.54) is 17.0 Å². The van der Waals surface area contributed by atoms with Crippen LogP contribution in [0.1, 0.15) is 23.7 Å². The Kier molecular flexibility index (Phi) is 3.94. The summed E-state index contributed by atoms with van der Waals surface area (Å²) in [4.78, 5) is 13.4. The Labute approximate surface area is 99.5 Å². The molecule has 0 aliphatic carbocycles. The first kappa shape index (κ1) is 12.8. The Morgan fingerprint density at radius 1 is 1.41 bits per heavy atom. The second kappa shape index (κ2) is 5.21. The average Bonchev–Trinajstić information content (AvgIpc) is 2.26. The molecule has 1 aromatic rings. The van der Waals surface area contributed by atoms with Crippen LogP contribution >= 0.6 is 0 Å². The van der Waals surface area contributed by atoms with Crippen LogP contribution in [0.15, 0.2) is 18.2 Å². The standard InChI is InChI=1S/C12H14N2O3/c1-8(3-4-13)14(2)12(17)9-5-10(15)7-11(16)6-9/h5-8,15-16H,3H2,1-2H3. The van der Waals surface area contributed by atoms with E-state index in [4.69, 9.17) is 5.26 Å². The average molecular weight is 234 g/mol. The van der Waals surface area contributed by atoms with E-state index in [1.54, 1.807) is 14.0 Å². The predicted molar refractivity (Wildman–Crippen MR) is 61.6 cm³/mol. The summed E-state index contributed by atoms with van der Waals surface area (Å²) in [5.74, 6) is -0.691. The second-order valence-electron chi connectivity index (χ2n) is 3.87. The zero-order valence-corrected chi connectivity index (χ0v) is 9.71. The van der Waals surface area contributed by atoms with Crippen LogP contribution in [0.5, 0.6) is 11.5 Å². The minimum absolute atomic E-state index is 0.172. The Morgan fingerprint density at radius 3 is 2.41 bits per heavy atom. The summed E-state index contributed by atoms with van der Waals surface area (Å²) >= 11 is 0. The molecule has 1 atom stereocenters. The van der Waals surface area contributed by atoms with Crippen molar-refractivity contribution in [2.75, 3.05) is 7.05 Å². The highest BCUT2D eigenvalue weighted by Gasteiger charge is 2.18. The van der Waals surface area contributed by atoms with Gasteiger partial charge in [0.1, 0.15) is 11.5 Å². The predicted octanol–water partition coefficient (Wildman–Crippen LogP) is 1.47. The zero-order valence-electron chi connectivity index (χ0n) is 9.71. The number of phenolic OH excluding ortho intramolecular Hbond substituents is 2. The molecule has 0 aliphatic heterocycles. The van der Waals surface area contributed by atoms with Gasteiger partial charge < -0.3 is 15.1 Å². The van der Waals surface area contributed by atoms with E-state index >= 15 is 0 Å². The van der Waals surface area contributed by atoms with Crippen molar-refractivity contribution in [3.63, 3.8) is 0 Å². The summed E-state index contributed by atoms with van der Waals surface area (Å²) in [5, 5.41) is 27.1. The first-order chi connectivity index (χ1) is 7.95. The summed E-state index contributed by atoms with van der Waals surface area (Å²) in [6.07, 6.45) is 0.229. The van der Waals surface area contributed by atoms with Gasteiger partial charge in [0.2, 0.25) is 0 Å². The Morgan fingerprint density at radius 2 is 1.94 bits per heavy atom. The Hall–Kier alpha value is -2.22. The molecule has 0 radical (unpaired) electrons. The number of nitrogens with zero attached hydrogens (tertiary/aromatic N) is 2. The summed E-state index contributed by atoms with van der Waals surface area (Å²) < 4.78 is 0. The second-order valence-corrected chi connectivity index (χ2v) is 3.87. The SMILES string of the molecule is CC(CC#N)N(C)C(=O)c1cc(O)cc(O)c1. The number of carbonyl (C=O) groups is 1. The number of rotatable bonds is 3. The quantitative estimate of drug-likeness (QED) is 0.829. The molecule has 17 heavy (non-hydrogen) atoms. The van der Waals surface area contributed by atoms with Gasteiger partial charge in [0.25, 0.3) is 5.91 Å². The van der Waals surface area contributed by atoms with Crippen molar-refractivity contribution in [3.8, 4) is 17.6 Å². The smallest absolute Gasteiger partial charge is 0.254 e. The van der Waals surface area contributed by atoms with Crippen LogP contribution < -0.4 is 0 Å². The van der Waals surface area contributed by atoms with Gasteiger partial charge in [-0.15, -0.1) is 0 Å². The third-order valence-electron chi connectivity index (χ3n) is 2.52. The fraction of sp³-hybridized carbons (Fsp3) is 0.333. The van der Waals surface area contributed by atoms with Crippen LogP contribution in [0.3, 0.4) is 0 Å². The van der Waals surface area contributed by atoms with E-state index in [9.17, 15) is 15.0 Å². The van der Waals surface area contributed by atoms with Crippen LogP contribution in [0.4, 0.5) is 0 Å². The van der Waals surface area contributed by atoms with Crippen molar-refractivity contribution in [2.45, 2.75) is 19.4 Å². The molecular weight excluding hydrogens is 220 g/mol. The maximum Gasteiger partial charge on any atom is 0.254 e. The molecule has 0 heterocycles. The van der Waals surface area contributed by atoms with Gasteiger partial charge in [-0.25, -0.2) is 0 Å². The van der Waals surface area contributed by atoms with Gasteiger partial charge in [-0.1, -0.05) is 0 Å². The molecule has 0 bridgehead atoms. The fourth-order valence-corrected chi connectivity index (χ4v) is 1.39. The number of aromatic hydroxyl groups is 2. The molecule has 5 heteroatoms. The molecule has 1 rings (SSSR count). The summed E-state index contributed by atoms with van der Waals surface area (Å²) in [7, 11) is 1.57. The molecule has 0 fully saturated rings. The summed E-state index contributed by atoms with van der Waals surface area (Å²) in [6, 6.07) is 5.46. The molecule has 0 saturated carbocycles. The van der Waals surface area contributed by atoms with Crippen molar-refractivity contribution in [1.29, 1.82) is 5.26 Å². The van der Waals surface area contributed by atoms with Gasteiger partial charge in [-0.3, -0.25) is 4.79 Å². The van der Waals surface area contributed by atoms with Crippen molar-refractivity contribution in [2.24, 2.45) is 0 Å². The van der Waals surface area contributed by atoms with E-state index in [2.05, 4.69) is 0 Å². The number of phenols is 2. The molecule has 1 aromatic carbocycles. The number of hydrogen-bond acceptors (Lipinski definition) is 4. The normalized spacial score (nSPS) is 11.6. The molecule has 1 unspecified atom stereocenters. The molecule has 1 amide bonds. The van der Waals surface area contributed by atoms with Gasteiger partial charge in [0, 0.05) is 24.7 Å². The molecular formula is C12H14N2O3. The molecule has 90 valence electrons. The Bertz CT molecular complexity index is 445. The number of benzene rings is 1. The fourth-order valence-electron chi connectivity index (χ4n) is 1.39. The highest BCUT2D eigenvalue weighted by atomic mass is 16.3. The molecule has 0 saturated heterocycles. The van der Waals surface area contributed by atoms with Crippen molar-refractivity contribution in [3.05, 3.63) is 23.8 Å². The van der Waals surface area contributed by atoms with E-state index in [1.807, 2.05) is 6.07 Å². The van der Waals surface area contributed by atoms with E-state index in [0.717, 1.165) is 6.07 Å². The van der Waals surface area contributed by atoms with E-state index < -0.39 is 0 Å². The maximum atomic E-state index is 12.0. The van der Waals surface area contributed by atoms with Crippen LogP contribution in [0, 0.1) is 11.3 Å². The number of carbonyl (C=O) groups excluding carboxylic acids is 1. The lowest BCUT2D eigenvalue weighted by Crippen LogP contribution is -2.34. The molecule has 0 spiro atoms. The lowest BCUT2D eigenvalue weighted by molar-refractivity contribution is 0.0745. The third kappa shape index (κ3) is 3.11. The van der Waals surface area contributed by atoms with Crippen molar-refractivity contribution < 1.29 is 15.0 Å². The van der Waals surface area contributed by atoms with Gasteiger partial charge in [-0.05, 0) is 19.1 Å². The van der Waals surface area contributed by atoms with Crippen molar-refractivity contribution >= 4 is 5.91 Å². The van der Waals surface area contributed by atoms with Crippen LogP contribution in [0.25, 0.3) is 0 Å². The largest absolute Gasteiger partial charge is 0.508 e. The van der Waals surface area contributed by atoms with E-state index in [0.29, 0.717) is 0 Å². The number of hydrogen-bond donors (Lipinski definition) is 2. The monoisotopic (exact) mass is 234 g/mol.